The van der Waals surface area contributed by atoms with E-state index in [4.69, 9.17) is 5.73 Å². The third-order valence-electron chi connectivity index (χ3n) is 4.10. The van der Waals surface area contributed by atoms with Gasteiger partial charge in [0, 0.05) is 25.1 Å². The topological polar surface area (TPSA) is 97.1 Å². The minimum atomic E-state index is -0.625. The van der Waals surface area contributed by atoms with E-state index in [1.165, 1.54) is 12.1 Å². The Morgan fingerprint density at radius 2 is 2.12 bits per heavy atom. The molecule has 0 fully saturated rings. The number of hydrogen-bond acceptors (Lipinski definition) is 4. The number of pyridine rings is 1. The second-order valence-electron chi connectivity index (χ2n) is 6.14. The maximum absolute atomic E-state index is 12.9. The van der Waals surface area contributed by atoms with Crippen molar-refractivity contribution < 1.29 is 14.0 Å². The van der Waals surface area contributed by atoms with Crippen LogP contribution in [0.3, 0.4) is 0 Å². The van der Waals surface area contributed by atoms with E-state index in [0.29, 0.717) is 18.5 Å². The summed E-state index contributed by atoms with van der Waals surface area (Å²) in [6, 6.07) is 6.80. The quantitative estimate of drug-likeness (QED) is 0.759. The molecular weight excluding hydrogens is 323 g/mol. The zero-order valence-electron chi connectivity index (χ0n) is 13.5. The SMILES string of the molecule is NC(CC(=O)N[C@@H]1Cc2ccncc2NC1=O)Cc1ccc(F)cc1. The van der Waals surface area contributed by atoms with Crippen LogP contribution in [0.2, 0.25) is 0 Å². The maximum Gasteiger partial charge on any atom is 0.247 e. The summed E-state index contributed by atoms with van der Waals surface area (Å²) in [7, 11) is 0. The predicted octanol–water partition coefficient (Wildman–Crippen LogP) is 1.16. The third-order valence-corrected chi connectivity index (χ3v) is 4.10. The van der Waals surface area contributed by atoms with Crippen molar-refractivity contribution in [1.82, 2.24) is 10.3 Å². The summed E-state index contributed by atoms with van der Waals surface area (Å²) < 4.78 is 12.9. The Morgan fingerprint density at radius 1 is 1.36 bits per heavy atom. The van der Waals surface area contributed by atoms with Crippen LogP contribution in [0.4, 0.5) is 10.1 Å². The fourth-order valence-electron chi connectivity index (χ4n) is 2.85. The fourth-order valence-corrected chi connectivity index (χ4v) is 2.85. The van der Waals surface area contributed by atoms with Crippen molar-refractivity contribution in [3.63, 3.8) is 0 Å². The summed E-state index contributed by atoms with van der Waals surface area (Å²) in [5.41, 5.74) is 8.46. The van der Waals surface area contributed by atoms with Crippen LogP contribution in [0.25, 0.3) is 0 Å². The molecule has 1 aromatic heterocycles. The van der Waals surface area contributed by atoms with Crippen LogP contribution >= 0.6 is 0 Å². The number of carbonyl (C=O) groups excluding carboxylic acids is 2. The van der Waals surface area contributed by atoms with E-state index in [1.807, 2.05) is 6.07 Å². The molecule has 2 atom stereocenters. The molecule has 130 valence electrons. The van der Waals surface area contributed by atoms with Crippen LogP contribution in [0, 0.1) is 5.82 Å². The van der Waals surface area contributed by atoms with Crippen molar-refractivity contribution in [2.75, 3.05) is 5.32 Å². The molecule has 2 heterocycles. The second kappa shape index (κ2) is 7.40. The molecular formula is C18H19FN4O2. The Morgan fingerprint density at radius 3 is 2.88 bits per heavy atom. The Labute approximate surface area is 144 Å². The van der Waals surface area contributed by atoms with Crippen molar-refractivity contribution in [2.24, 2.45) is 5.73 Å². The van der Waals surface area contributed by atoms with Crippen molar-refractivity contribution in [1.29, 1.82) is 0 Å². The van der Waals surface area contributed by atoms with Crippen LogP contribution in [-0.2, 0) is 22.4 Å². The number of anilines is 1. The van der Waals surface area contributed by atoms with Gasteiger partial charge in [-0.3, -0.25) is 14.6 Å². The summed E-state index contributed by atoms with van der Waals surface area (Å²) in [6.45, 7) is 0. The highest BCUT2D eigenvalue weighted by atomic mass is 19.1. The standard InChI is InChI=1S/C18H19FN4O2/c19-13-3-1-11(2-4-13)7-14(20)9-17(24)22-15-8-12-5-6-21-10-16(12)23-18(15)25/h1-6,10,14-15H,7-9,20H2,(H,22,24)(H,23,25)/t14?,15-/m1/s1. The van der Waals surface area contributed by atoms with E-state index >= 15 is 0 Å². The number of halogens is 1. The molecule has 0 saturated carbocycles. The monoisotopic (exact) mass is 342 g/mol. The van der Waals surface area contributed by atoms with Crippen LogP contribution in [0.1, 0.15) is 17.5 Å². The molecule has 0 aliphatic carbocycles. The van der Waals surface area contributed by atoms with Crippen molar-refractivity contribution in [3.05, 3.63) is 59.7 Å². The highest BCUT2D eigenvalue weighted by Crippen LogP contribution is 2.20. The second-order valence-corrected chi connectivity index (χ2v) is 6.14. The Balaban J connectivity index is 1.53. The van der Waals surface area contributed by atoms with E-state index < -0.39 is 12.1 Å². The van der Waals surface area contributed by atoms with E-state index in [1.54, 1.807) is 24.5 Å². The molecule has 0 spiro atoms. The van der Waals surface area contributed by atoms with Crippen LogP contribution in [0.15, 0.2) is 42.7 Å². The molecule has 6 nitrogen and oxygen atoms in total. The van der Waals surface area contributed by atoms with Crippen molar-refractivity contribution >= 4 is 17.5 Å². The average molecular weight is 342 g/mol. The molecule has 0 saturated heterocycles. The van der Waals surface area contributed by atoms with Crippen molar-refractivity contribution in [3.8, 4) is 0 Å². The zero-order chi connectivity index (χ0) is 17.8. The first-order chi connectivity index (χ1) is 12.0. The highest BCUT2D eigenvalue weighted by molar-refractivity contribution is 5.99. The normalized spacial score (nSPS) is 17.4. The maximum atomic E-state index is 12.9. The van der Waals surface area contributed by atoms with Gasteiger partial charge in [0.1, 0.15) is 11.9 Å². The first-order valence-electron chi connectivity index (χ1n) is 8.04. The number of amides is 2. The van der Waals surface area contributed by atoms with Crippen LogP contribution < -0.4 is 16.4 Å². The average Bonchev–Trinajstić information content (AvgIpc) is 2.57. The molecule has 2 aromatic rings. The number of carbonyl (C=O) groups is 2. The summed E-state index contributed by atoms with van der Waals surface area (Å²) in [4.78, 5) is 28.2. The zero-order valence-corrected chi connectivity index (χ0v) is 13.5. The van der Waals surface area contributed by atoms with Gasteiger partial charge in [0.05, 0.1) is 11.9 Å². The van der Waals surface area contributed by atoms with Gasteiger partial charge in [0.15, 0.2) is 0 Å². The van der Waals surface area contributed by atoms with Gasteiger partial charge in [-0.25, -0.2) is 4.39 Å². The number of rotatable bonds is 5. The number of nitrogens with one attached hydrogen (secondary N) is 2. The molecule has 25 heavy (non-hydrogen) atoms. The number of benzene rings is 1. The summed E-state index contributed by atoms with van der Waals surface area (Å²) >= 11 is 0. The van der Waals surface area contributed by atoms with Crippen LogP contribution in [-0.4, -0.2) is 28.9 Å². The van der Waals surface area contributed by atoms with Gasteiger partial charge in [-0.15, -0.1) is 0 Å². The molecule has 7 heteroatoms. The number of nitrogens with two attached hydrogens (primary N) is 1. The molecule has 1 aliphatic heterocycles. The molecule has 1 unspecified atom stereocenters. The summed E-state index contributed by atoms with van der Waals surface area (Å²) in [5, 5.41) is 5.45. The number of fused-ring (bicyclic) bond motifs is 1. The number of nitrogens with zero attached hydrogens (tertiary/aromatic N) is 1. The summed E-state index contributed by atoms with van der Waals surface area (Å²) in [5.74, 6) is -0.859. The predicted molar refractivity (Wildman–Crippen MR) is 91.2 cm³/mol. The molecule has 0 bridgehead atoms. The lowest BCUT2D eigenvalue weighted by molar-refractivity contribution is -0.126. The highest BCUT2D eigenvalue weighted by Gasteiger charge is 2.27. The minimum absolute atomic E-state index is 0.0877. The lowest BCUT2D eigenvalue weighted by Crippen LogP contribution is -2.48. The van der Waals surface area contributed by atoms with Crippen LogP contribution in [0.5, 0.6) is 0 Å². The Bertz CT molecular complexity index is 779. The minimum Gasteiger partial charge on any atom is -0.344 e. The lowest BCUT2D eigenvalue weighted by Gasteiger charge is -2.25. The van der Waals surface area contributed by atoms with E-state index in [-0.39, 0.29) is 24.1 Å². The molecule has 3 rings (SSSR count). The molecule has 1 aliphatic rings. The number of aromatic nitrogens is 1. The number of hydrogen-bond donors (Lipinski definition) is 3. The van der Waals surface area contributed by atoms with Gasteiger partial charge >= 0.3 is 0 Å². The first-order valence-corrected chi connectivity index (χ1v) is 8.04. The first kappa shape index (κ1) is 17.0. The fraction of sp³-hybridized carbons (Fsp3) is 0.278. The van der Waals surface area contributed by atoms with Gasteiger partial charge in [0.2, 0.25) is 11.8 Å². The van der Waals surface area contributed by atoms with Gasteiger partial charge in [-0.1, -0.05) is 12.1 Å². The summed E-state index contributed by atoms with van der Waals surface area (Å²) in [6.07, 6.45) is 4.20. The largest absolute Gasteiger partial charge is 0.344 e. The Hall–Kier alpha value is -2.80. The van der Waals surface area contributed by atoms with Gasteiger partial charge < -0.3 is 16.4 Å². The smallest absolute Gasteiger partial charge is 0.247 e. The Kier molecular flexibility index (Phi) is 5.04. The molecule has 4 N–H and O–H groups in total. The van der Waals surface area contributed by atoms with Gasteiger partial charge in [0.25, 0.3) is 0 Å². The molecule has 1 aromatic carbocycles. The van der Waals surface area contributed by atoms with Gasteiger partial charge in [-0.2, -0.15) is 0 Å². The molecule has 2 amide bonds. The van der Waals surface area contributed by atoms with Gasteiger partial charge in [-0.05, 0) is 35.7 Å². The van der Waals surface area contributed by atoms with Crippen molar-refractivity contribution in [2.45, 2.75) is 31.3 Å². The van der Waals surface area contributed by atoms with E-state index in [2.05, 4.69) is 15.6 Å². The van der Waals surface area contributed by atoms with E-state index in [9.17, 15) is 14.0 Å². The lowest BCUT2D eigenvalue weighted by atomic mass is 9.99. The third kappa shape index (κ3) is 4.39. The van der Waals surface area contributed by atoms with E-state index in [0.717, 1.165) is 11.1 Å². The molecule has 0 radical (unpaired) electrons.